The van der Waals surface area contributed by atoms with E-state index in [0.29, 0.717) is 5.56 Å². The average Bonchev–Trinajstić information content (AvgIpc) is 2.36. The quantitative estimate of drug-likeness (QED) is 0.755. The minimum absolute atomic E-state index is 0.145. The van der Waals surface area contributed by atoms with E-state index in [4.69, 9.17) is 9.84 Å². The molecule has 0 aliphatic carbocycles. The number of rotatable bonds is 5. The summed E-state index contributed by atoms with van der Waals surface area (Å²) in [6, 6.07) is 6.52. The molecule has 1 aromatic rings. The van der Waals surface area contributed by atoms with Crippen LogP contribution in [0.5, 0.6) is 0 Å². The Bertz CT molecular complexity index is 456. The third kappa shape index (κ3) is 6.46. The van der Waals surface area contributed by atoms with Crippen LogP contribution >= 0.6 is 15.9 Å². The standard InChI is InChI=1S/C15H22BrNO4/c1-15(2,3)21-14(20)17-12(8-9-18)13(19)10-4-6-11(16)7-5-10/h4-7,12-13,18-19H,8-9H2,1-3H3,(H,17,20)/t12-,13-/m0/s1. The Labute approximate surface area is 133 Å². The summed E-state index contributed by atoms with van der Waals surface area (Å²) >= 11 is 3.32. The Morgan fingerprint density at radius 1 is 1.33 bits per heavy atom. The number of benzene rings is 1. The minimum atomic E-state index is -0.919. The summed E-state index contributed by atoms with van der Waals surface area (Å²) in [5, 5.41) is 22.1. The second-order valence-electron chi connectivity index (χ2n) is 5.76. The molecule has 0 aromatic heterocycles. The molecule has 3 N–H and O–H groups in total. The number of amides is 1. The molecule has 0 heterocycles. The molecule has 0 saturated carbocycles. The lowest BCUT2D eigenvalue weighted by Crippen LogP contribution is -2.42. The van der Waals surface area contributed by atoms with E-state index in [1.807, 2.05) is 12.1 Å². The van der Waals surface area contributed by atoms with Crippen molar-refractivity contribution < 1.29 is 19.7 Å². The summed E-state index contributed by atoms with van der Waals surface area (Å²) < 4.78 is 6.07. The van der Waals surface area contributed by atoms with Crippen molar-refractivity contribution >= 4 is 22.0 Å². The van der Waals surface area contributed by atoms with Crippen molar-refractivity contribution in [2.24, 2.45) is 0 Å². The SMILES string of the molecule is CC(C)(C)OC(=O)N[C@@H](CCO)[C@@H](O)c1ccc(Br)cc1. The zero-order valence-electron chi connectivity index (χ0n) is 12.5. The van der Waals surface area contributed by atoms with Crippen LogP contribution in [0.4, 0.5) is 4.79 Å². The first-order valence-corrected chi connectivity index (χ1v) is 7.56. The van der Waals surface area contributed by atoms with E-state index in [1.165, 1.54) is 0 Å². The Morgan fingerprint density at radius 2 is 1.90 bits per heavy atom. The highest BCUT2D eigenvalue weighted by atomic mass is 79.9. The topological polar surface area (TPSA) is 78.8 Å². The van der Waals surface area contributed by atoms with E-state index in [2.05, 4.69) is 21.2 Å². The summed E-state index contributed by atoms with van der Waals surface area (Å²) in [6.45, 7) is 5.14. The number of carbonyl (C=O) groups is 1. The predicted octanol–water partition coefficient (Wildman–Crippen LogP) is 2.76. The van der Waals surface area contributed by atoms with Crippen molar-refractivity contribution in [2.75, 3.05) is 6.61 Å². The van der Waals surface area contributed by atoms with Crippen molar-refractivity contribution in [3.05, 3.63) is 34.3 Å². The molecular weight excluding hydrogens is 338 g/mol. The zero-order chi connectivity index (χ0) is 16.0. The van der Waals surface area contributed by atoms with Crippen LogP contribution in [0.15, 0.2) is 28.7 Å². The Kier molecular flexibility index (Phi) is 6.64. The molecule has 0 saturated heterocycles. The Hall–Kier alpha value is -1.11. The molecule has 2 atom stereocenters. The lowest BCUT2D eigenvalue weighted by Gasteiger charge is -2.26. The maximum absolute atomic E-state index is 11.8. The highest BCUT2D eigenvalue weighted by Gasteiger charge is 2.25. The van der Waals surface area contributed by atoms with Gasteiger partial charge in [0.25, 0.3) is 0 Å². The average molecular weight is 360 g/mol. The van der Waals surface area contributed by atoms with Crippen molar-refractivity contribution in [1.82, 2.24) is 5.32 Å². The normalized spacial score (nSPS) is 14.4. The van der Waals surface area contributed by atoms with Gasteiger partial charge in [-0.2, -0.15) is 0 Å². The number of carbonyl (C=O) groups excluding carboxylic acids is 1. The number of nitrogens with one attached hydrogen (secondary N) is 1. The van der Waals surface area contributed by atoms with E-state index in [9.17, 15) is 9.90 Å². The van der Waals surface area contributed by atoms with Gasteiger partial charge in [0.2, 0.25) is 0 Å². The van der Waals surface area contributed by atoms with E-state index in [-0.39, 0.29) is 13.0 Å². The number of hydrogen-bond donors (Lipinski definition) is 3. The van der Waals surface area contributed by atoms with Crippen molar-refractivity contribution in [2.45, 2.75) is 44.9 Å². The minimum Gasteiger partial charge on any atom is -0.444 e. The highest BCUT2D eigenvalue weighted by molar-refractivity contribution is 9.10. The van der Waals surface area contributed by atoms with Crippen LogP contribution in [-0.4, -0.2) is 34.6 Å². The third-order valence-corrected chi connectivity index (χ3v) is 3.26. The molecule has 6 heteroatoms. The van der Waals surface area contributed by atoms with E-state index < -0.39 is 23.8 Å². The van der Waals surface area contributed by atoms with Gasteiger partial charge in [-0.25, -0.2) is 4.79 Å². The van der Waals surface area contributed by atoms with Crippen LogP contribution in [0.1, 0.15) is 38.9 Å². The molecule has 0 radical (unpaired) electrons. The molecule has 0 aliphatic heterocycles. The van der Waals surface area contributed by atoms with Gasteiger partial charge < -0.3 is 20.3 Å². The lowest BCUT2D eigenvalue weighted by molar-refractivity contribution is 0.0397. The molecule has 1 amide bonds. The smallest absolute Gasteiger partial charge is 0.407 e. The van der Waals surface area contributed by atoms with Gasteiger partial charge in [-0.15, -0.1) is 0 Å². The fraction of sp³-hybridized carbons (Fsp3) is 0.533. The largest absolute Gasteiger partial charge is 0.444 e. The summed E-state index contributed by atoms with van der Waals surface area (Å²) in [7, 11) is 0. The molecule has 0 spiro atoms. The predicted molar refractivity (Wildman–Crippen MR) is 84.0 cm³/mol. The third-order valence-electron chi connectivity index (χ3n) is 2.73. The highest BCUT2D eigenvalue weighted by Crippen LogP contribution is 2.21. The second kappa shape index (κ2) is 7.77. The molecule has 0 unspecified atom stereocenters. The zero-order valence-corrected chi connectivity index (χ0v) is 14.1. The van der Waals surface area contributed by atoms with Gasteiger partial charge in [0, 0.05) is 11.1 Å². The van der Waals surface area contributed by atoms with E-state index >= 15 is 0 Å². The fourth-order valence-electron chi connectivity index (χ4n) is 1.80. The number of hydrogen-bond acceptors (Lipinski definition) is 4. The summed E-state index contributed by atoms with van der Waals surface area (Å²) in [5.74, 6) is 0. The lowest BCUT2D eigenvalue weighted by atomic mass is 10.0. The van der Waals surface area contributed by atoms with Gasteiger partial charge >= 0.3 is 6.09 Å². The van der Waals surface area contributed by atoms with Crippen LogP contribution in [-0.2, 0) is 4.74 Å². The number of halogens is 1. The Morgan fingerprint density at radius 3 is 2.38 bits per heavy atom. The first-order valence-electron chi connectivity index (χ1n) is 6.77. The monoisotopic (exact) mass is 359 g/mol. The molecule has 21 heavy (non-hydrogen) atoms. The van der Waals surface area contributed by atoms with Gasteiger partial charge in [0.15, 0.2) is 0 Å². The molecule has 1 aromatic carbocycles. The van der Waals surface area contributed by atoms with Crippen LogP contribution in [0.25, 0.3) is 0 Å². The van der Waals surface area contributed by atoms with Gasteiger partial charge in [-0.3, -0.25) is 0 Å². The molecule has 5 nitrogen and oxygen atoms in total. The molecule has 0 aliphatic rings. The van der Waals surface area contributed by atoms with Gasteiger partial charge in [0.1, 0.15) is 5.60 Å². The molecular formula is C15H22BrNO4. The number of aliphatic hydroxyl groups excluding tert-OH is 2. The summed E-state index contributed by atoms with van der Waals surface area (Å²) in [5.41, 5.74) is 0.0452. The number of alkyl carbamates (subject to hydrolysis) is 1. The van der Waals surface area contributed by atoms with Crippen LogP contribution in [0.3, 0.4) is 0 Å². The van der Waals surface area contributed by atoms with Crippen LogP contribution in [0.2, 0.25) is 0 Å². The van der Waals surface area contributed by atoms with E-state index in [1.54, 1.807) is 32.9 Å². The van der Waals surface area contributed by atoms with Crippen LogP contribution in [0, 0.1) is 0 Å². The first-order chi connectivity index (χ1) is 9.73. The summed E-state index contributed by atoms with van der Waals surface area (Å²) in [4.78, 5) is 11.8. The molecule has 0 bridgehead atoms. The maximum Gasteiger partial charge on any atom is 0.407 e. The number of aliphatic hydroxyl groups is 2. The summed E-state index contributed by atoms with van der Waals surface area (Å²) in [6.07, 6.45) is -1.30. The molecule has 1 rings (SSSR count). The van der Waals surface area contributed by atoms with Crippen molar-refractivity contribution in [3.8, 4) is 0 Å². The van der Waals surface area contributed by atoms with Gasteiger partial charge in [-0.1, -0.05) is 28.1 Å². The Balaban J connectivity index is 2.76. The van der Waals surface area contributed by atoms with Crippen LogP contribution < -0.4 is 5.32 Å². The van der Waals surface area contributed by atoms with Crippen molar-refractivity contribution in [1.29, 1.82) is 0 Å². The fourth-order valence-corrected chi connectivity index (χ4v) is 2.06. The maximum atomic E-state index is 11.8. The van der Waals surface area contributed by atoms with E-state index in [0.717, 1.165) is 4.47 Å². The molecule has 118 valence electrons. The first kappa shape index (κ1) is 17.9. The molecule has 0 fully saturated rings. The second-order valence-corrected chi connectivity index (χ2v) is 6.68. The van der Waals surface area contributed by atoms with Gasteiger partial charge in [0.05, 0.1) is 12.1 Å². The number of ether oxygens (including phenoxy) is 1. The van der Waals surface area contributed by atoms with Gasteiger partial charge in [-0.05, 0) is 44.9 Å². The van der Waals surface area contributed by atoms with Crippen molar-refractivity contribution in [3.63, 3.8) is 0 Å².